The van der Waals surface area contributed by atoms with Crippen LogP contribution in [0, 0.1) is 23.6 Å². The molecule has 1 spiro atoms. The van der Waals surface area contributed by atoms with Crippen molar-refractivity contribution in [1.82, 2.24) is 10.3 Å². The standard InChI is InChI=1S/C29H32FN3O2S/c1-3-4-5-13-35-28-17-26-23(15-24(28)30)27(33-12-10-29(18-33)19-36-20-29)16-25(32-26)21-6-8-22(9-7-21)34-14-11-31-2/h1,6-9,15-17,31H,4-5,10-14,18-20H2,2H3. The maximum absolute atomic E-state index is 15.1. The second-order valence-electron chi connectivity index (χ2n) is 9.62. The fourth-order valence-electron chi connectivity index (χ4n) is 4.85. The number of hydrogen-bond donors (Lipinski definition) is 1. The summed E-state index contributed by atoms with van der Waals surface area (Å²) in [5.41, 5.74) is 4.01. The van der Waals surface area contributed by atoms with Gasteiger partial charge < -0.3 is 19.7 Å². The van der Waals surface area contributed by atoms with Crippen molar-refractivity contribution >= 4 is 28.4 Å². The van der Waals surface area contributed by atoms with Crippen LogP contribution in [0.3, 0.4) is 0 Å². The molecule has 0 atom stereocenters. The van der Waals surface area contributed by atoms with E-state index in [-0.39, 0.29) is 11.6 Å². The number of nitrogens with zero attached hydrogens (tertiary/aromatic N) is 2. The van der Waals surface area contributed by atoms with Gasteiger partial charge in [-0.2, -0.15) is 11.8 Å². The van der Waals surface area contributed by atoms with E-state index in [4.69, 9.17) is 20.9 Å². The summed E-state index contributed by atoms with van der Waals surface area (Å²) in [6.45, 7) is 3.75. The lowest BCUT2D eigenvalue weighted by atomic mass is 9.91. The van der Waals surface area contributed by atoms with Gasteiger partial charge in [-0.3, -0.25) is 0 Å². The number of nitrogens with one attached hydrogen (secondary N) is 1. The fraction of sp³-hybridized carbons (Fsp3) is 0.414. The molecule has 3 heterocycles. The Hall–Kier alpha value is -2.95. The van der Waals surface area contributed by atoms with Crippen molar-refractivity contribution in [3.63, 3.8) is 0 Å². The first kappa shape index (κ1) is 24.7. The highest BCUT2D eigenvalue weighted by atomic mass is 32.2. The van der Waals surface area contributed by atoms with Crippen molar-refractivity contribution in [3.8, 4) is 35.1 Å². The molecule has 0 radical (unpaired) electrons. The van der Waals surface area contributed by atoms with E-state index in [2.05, 4.69) is 22.2 Å². The molecule has 0 aliphatic carbocycles. The smallest absolute Gasteiger partial charge is 0.165 e. The normalized spacial score (nSPS) is 16.2. The lowest BCUT2D eigenvalue weighted by Gasteiger charge is -2.37. The highest BCUT2D eigenvalue weighted by Crippen LogP contribution is 2.47. The largest absolute Gasteiger partial charge is 0.492 e. The molecule has 1 aromatic heterocycles. The Morgan fingerprint density at radius 2 is 2.00 bits per heavy atom. The molecule has 1 N–H and O–H groups in total. The van der Waals surface area contributed by atoms with E-state index in [1.165, 1.54) is 17.9 Å². The third kappa shape index (κ3) is 5.25. The first-order valence-corrected chi connectivity index (χ1v) is 13.7. The number of likely N-dealkylation sites (N-methyl/N-ethyl adjacent to an activating group) is 1. The van der Waals surface area contributed by atoms with E-state index in [1.54, 1.807) is 12.1 Å². The Labute approximate surface area is 216 Å². The Bertz CT molecular complexity index is 1250. The Morgan fingerprint density at radius 1 is 1.17 bits per heavy atom. The number of halogens is 1. The molecule has 5 rings (SSSR count). The Morgan fingerprint density at radius 3 is 2.69 bits per heavy atom. The van der Waals surface area contributed by atoms with E-state index in [1.807, 2.05) is 43.1 Å². The zero-order valence-electron chi connectivity index (χ0n) is 20.7. The molecule has 2 aliphatic rings. The summed E-state index contributed by atoms with van der Waals surface area (Å²) in [5, 5.41) is 3.90. The summed E-state index contributed by atoms with van der Waals surface area (Å²) in [7, 11) is 1.90. The first-order chi connectivity index (χ1) is 17.6. The number of thioether (sulfide) groups is 1. The summed E-state index contributed by atoms with van der Waals surface area (Å²) < 4.78 is 26.6. The molecule has 0 bridgehead atoms. The van der Waals surface area contributed by atoms with Crippen molar-refractivity contribution in [2.45, 2.75) is 19.3 Å². The molecule has 3 aromatic rings. The number of pyridine rings is 1. The minimum absolute atomic E-state index is 0.219. The summed E-state index contributed by atoms with van der Waals surface area (Å²) in [5.74, 6) is 5.68. The SMILES string of the molecule is C#CCCCOc1cc2nc(-c3ccc(OCCNC)cc3)cc(N3CCC4(CSC4)C3)c2cc1F. The highest BCUT2D eigenvalue weighted by Gasteiger charge is 2.44. The van der Waals surface area contributed by atoms with E-state index in [0.29, 0.717) is 31.5 Å². The van der Waals surface area contributed by atoms with Crippen molar-refractivity contribution in [2.75, 3.05) is 56.3 Å². The predicted molar refractivity (Wildman–Crippen MR) is 147 cm³/mol. The zero-order chi connectivity index (χ0) is 25.0. The second-order valence-corrected chi connectivity index (χ2v) is 10.6. The van der Waals surface area contributed by atoms with Crippen LogP contribution in [0.5, 0.6) is 11.5 Å². The summed E-state index contributed by atoms with van der Waals surface area (Å²) in [4.78, 5) is 7.35. The van der Waals surface area contributed by atoms with Gasteiger partial charge in [-0.25, -0.2) is 9.37 Å². The topological polar surface area (TPSA) is 46.6 Å². The van der Waals surface area contributed by atoms with Gasteiger partial charge in [0, 0.05) is 65.7 Å². The van der Waals surface area contributed by atoms with Crippen molar-refractivity contribution in [1.29, 1.82) is 0 Å². The Balaban J connectivity index is 1.49. The van der Waals surface area contributed by atoms with Crippen molar-refractivity contribution in [2.24, 2.45) is 5.41 Å². The minimum Gasteiger partial charge on any atom is -0.492 e. The molecule has 2 fully saturated rings. The van der Waals surface area contributed by atoms with Crippen LogP contribution in [0.25, 0.3) is 22.2 Å². The van der Waals surface area contributed by atoms with E-state index in [0.717, 1.165) is 53.2 Å². The molecule has 5 nitrogen and oxygen atoms in total. The predicted octanol–water partition coefficient (Wildman–Crippen LogP) is 5.37. The molecule has 36 heavy (non-hydrogen) atoms. The third-order valence-corrected chi connectivity index (χ3v) is 8.56. The minimum atomic E-state index is -0.366. The maximum Gasteiger partial charge on any atom is 0.165 e. The number of benzene rings is 2. The third-order valence-electron chi connectivity index (χ3n) is 6.93. The van der Waals surface area contributed by atoms with Crippen molar-refractivity contribution in [3.05, 3.63) is 48.3 Å². The van der Waals surface area contributed by atoms with Crippen LogP contribution in [0.1, 0.15) is 19.3 Å². The molecule has 2 aromatic carbocycles. The molecule has 7 heteroatoms. The Kier molecular flexibility index (Phi) is 7.54. The highest BCUT2D eigenvalue weighted by molar-refractivity contribution is 8.00. The number of aromatic nitrogens is 1. The molecule has 188 valence electrons. The molecule has 0 unspecified atom stereocenters. The van der Waals surface area contributed by atoms with Gasteiger partial charge in [0.05, 0.1) is 17.8 Å². The van der Waals surface area contributed by atoms with Gasteiger partial charge in [0.1, 0.15) is 12.4 Å². The van der Waals surface area contributed by atoms with Crippen LogP contribution >= 0.6 is 11.8 Å². The van der Waals surface area contributed by atoms with Crippen LogP contribution in [0.2, 0.25) is 0 Å². The van der Waals surface area contributed by atoms with E-state index >= 15 is 4.39 Å². The maximum atomic E-state index is 15.1. The first-order valence-electron chi connectivity index (χ1n) is 12.5. The van der Waals surface area contributed by atoms with Gasteiger partial charge in [0.15, 0.2) is 11.6 Å². The zero-order valence-corrected chi connectivity index (χ0v) is 21.5. The van der Waals surface area contributed by atoms with Gasteiger partial charge in [-0.1, -0.05) is 0 Å². The average Bonchev–Trinajstić information content (AvgIpc) is 3.34. The number of unbranched alkanes of at least 4 members (excludes halogenated alkanes) is 1. The molecule has 2 saturated heterocycles. The van der Waals surface area contributed by atoms with Crippen molar-refractivity contribution < 1.29 is 13.9 Å². The van der Waals surface area contributed by atoms with E-state index < -0.39 is 0 Å². The van der Waals surface area contributed by atoms with Gasteiger partial charge in [0.2, 0.25) is 0 Å². The van der Waals surface area contributed by atoms with Gasteiger partial charge >= 0.3 is 0 Å². The number of rotatable bonds is 10. The molecule has 0 amide bonds. The van der Waals surface area contributed by atoms with Gasteiger partial charge in [0.25, 0.3) is 0 Å². The number of fused-ring (bicyclic) bond motifs is 1. The number of hydrogen-bond acceptors (Lipinski definition) is 6. The van der Waals surface area contributed by atoms with Crippen LogP contribution in [-0.2, 0) is 0 Å². The summed E-state index contributed by atoms with van der Waals surface area (Å²) in [6, 6.07) is 13.4. The molecular weight excluding hydrogens is 473 g/mol. The second kappa shape index (κ2) is 11.0. The number of terminal acetylenes is 1. The van der Waals surface area contributed by atoms with Gasteiger partial charge in [-0.05, 0) is 56.3 Å². The molecule has 2 aliphatic heterocycles. The fourth-order valence-corrected chi connectivity index (χ4v) is 6.10. The van der Waals surface area contributed by atoms with Crippen LogP contribution in [0.15, 0.2) is 42.5 Å². The van der Waals surface area contributed by atoms with Crippen LogP contribution in [0.4, 0.5) is 10.1 Å². The molecule has 0 saturated carbocycles. The molecular formula is C29H32FN3O2S. The van der Waals surface area contributed by atoms with Crippen LogP contribution in [-0.4, -0.2) is 56.4 Å². The van der Waals surface area contributed by atoms with E-state index in [9.17, 15) is 0 Å². The lowest BCUT2D eigenvalue weighted by molar-refractivity contribution is 0.298. The number of anilines is 1. The van der Waals surface area contributed by atoms with Gasteiger partial charge in [-0.15, -0.1) is 12.3 Å². The summed E-state index contributed by atoms with van der Waals surface area (Å²) >= 11 is 2.01. The summed E-state index contributed by atoms with van der Waals surface area (Å²) in [6.07, 6.45) is 7.79. The lowest BCUT2D eigenvalue weighted by Crippen LogP contribution is -2.38. The quantitative estimate of drug-likeness (QED) is 0.295. The van der Waals surface area contributed by atoms with Crippen LogP contribution < -0.4 is 19.7 Å². The number of ether oxygens (including phenoxy) is 2. The monoisotopic (exact) mass is 505 g/mol. The average molecular weight is 506 g/mol.